The first kappa shape index (κ1) is 18.1. The maximum absolute atomic E-state index is 14.1. The third-order valence-corrected chi connectivity index (χ3v) is 3.69. The molecule has 0 aliphatic heterocycles. The average Bonchev–Trinajstić information content (AvgIpc) is 2.47. The number of halogens is 1. The Morgan fingerprint density at radius 1 is 1.33 bits per heavy atom. The lowest BCUT2D eigenvalue weighted by Crippen LogP contribution is -2.43. The van der Waals surface area contributed by atoms with Gasteiger partial charge in [-0.2, -0.15) is 0 Å². The molecular formula is C18H25FN4O. The van der Waals surface area contributed by atoms with Gasteiger partial charge in [-0.3, -0.25) is 4.98 Å². The third-order valence-electron chi connectivity index (χ3n) is 3.69. The Morgan fingerprint density at radius 2 is 2.04 bits per heavy atom. The summed E-state index contributed by atoms with van der Waals surface area (Å²) >= 11 is 0. The summed E-state index contributed by atoms with van der Waals surface area (Å²) in [6.07, 6.45) is 3.91. The minimum atomic E-state index is -0.565. The molecule has 0 fully saturated rings. The number of aryl methyl sites for hydroxylation is 1. The van der Waals surface area contributed by atoms with Gasteiger partial charge in [0.15, 0.2) is 11.6 Å². The first-order valence-electron chi connectivity index (χ1n) is 7.98. The number of rotatable bonds is 6. The highest BCUT2D eigenvalue weighted by Gasteiger charge is 2.21. The van der Waals surface area contributed by atoms with Crippen LogP contribution in [0.5, 0.6) is 5.75 Å². The molecule has 0 radical (unpaired) electrons. The monoisotopic (exact) mass is 332 g/mol. The van der Waals surface area contributed by atoms with Gasteiger partial charge in [-0.1, -0.05) is 13.8 Å². The molecule has 0 unspecified atom stereocenters. The SMILES string of the molecule is Cc1cc(-c2ccnc(N)c2F)ncc1OC[C@@](C)(N)CC(C)C. The van der Waals surface area contributed by atoms with Crippen LogP contribution in [0.1, 0.15) is 32.8 Å². The van der Waals surface area contributed by atoms with Crippen molar-refractivity contribution in [3.05, 3.63) is 35.9 Å². The predicted molar refractivity (Wildman–Crippen MR) is 94.1 cm³/mol. The van der Waals surface area contributed by atoms with E-state index in [-0.39, 0.29) is 5.82 Å². The summed E-state index contributed by atoms with van der Waals surface area (Å²) in [5, 5.41) is 0. The van der Waals surface area contributed by atoms with Crippen LogP contribution < -0.4 is 16.2 Å². The Labute approximate surface area is 142 Å². The molecule has 0 bridgehead atoms. The van der Waals surface area contributed by atoms with E-state index in [1.807, 2.05) is 13.8 Å². The fraction of sp³-hybridized carbons (Fsp3) is 0.444. The van der Waals surface area contributed by atoms with Crippen LogP contribution in [0, 0.1) is 18.7 Å². The van der Waals surface area contributed by atoms with Gasteiger partial charge in [0.25, 0.3) is 0 Å². The molecule has 5 nitrogen and oxygen atoms in total. The second kappa shape index (κ2) is 7.13. The topological polar surface area (TPSA) is 87.0 Å². The molecule has 6 heteroatoms. The molecule has 2 rings (SSSR count). The summed E-state index contributed by atoms with van der Waals surface area (Å²) in [6.45, 7) is 8.51. The second-order valence-corrected chi connectivity index (χ2v) is 6.93. The standard InChI is InChI=1S/C18H25FN4O/c1-11(2)8-18(4,21)10-24-15-9-23-14(7-12(15)3)13-5-6-22-17(20)16(13)19/h5-7,9,11H,8,10,21H2,1-4H3,(H2,20,22)/t18-/m0/s1. The van der Waals surface area contributed by atoms with Gasteiger partial charge in [-0.25, -0.2) is 9.37 Å². The van der Waals surface area contributed by atoms with E-state index in [0.717, 1.165) is 12.0 Å². The zero-order chi connectivity index (χ0) is 17.9. The van der Waals surface area contributed by atoms with Gasteiger partial charge in [0.05, 0.1) is 11.9 Å². The fourth-order valence-corrected chi connectivity index (χ4v) is 2.73. The number of aromatic nitrogens is 2. The van der Waals surface area contributed by atoms with E-state index in [1.54, 1.807) is 18.3 Å². The summed E-state index contributed by atoms with van der Waals surface area (Å²) in [6, 6.07) is 3.32. The zero-order valence-electron chi connectivity index (χ0n) is 14.6. The molecule has 4 N–H and O–H groups in total. The summed E-state index contributed by atoms with van der Waals surface area (Å²) in [5.41, 5.74) is 13.0. The lowest BCUT2D eigenvalue weighted by Gasteiger charge is -2.27. The third kappa shape index (κ3) is 4.41. The van der Waals surface area contributed by atoms with Crippen molar-refractivity contribution in [2.45, 2.75) is 39.7 Å². The lowest BCUT2D eigenvalue weighted by atomic mass is 9.93. The highest BCUT2D eigenvalue weighted by atomic mass is 19.1. The normalized spacial score (nSPS) is 13.8. The molecular weight excluding hydrogens is 307 g/mol. The van der Waals surface area contributed by atoms with E-state index in [9.17, 15) is 4.39 Å². The van der Waals surface area contributed by atoms with Crippen molar-refractivity contribution in [3.63, 3.8) is 0 Å². The molecule has 0 amide bonds. The smallest absolute Gasteiger partial charge is 0.174 e. The fourth-order valence-electron chi connectivity index (χ4n) is 2.73. The van der Waals surface area contributed by atoms with Gasteiger partial charge in [-0.05, 0) is 43.9 Å². The van der Waals surface area contributed by atoms with Crippen molar-refractivity contribution in [3.8, 4) is 17.0 Å². The molecule has 130 valence electrons. The van der Waals surface area contributed by atoms with Crippen molar-refractivity contribution >= 4 is 5.82 Å². The number of ether oxygens (including phenoxy) is 1. The van der Waals surface area contributed by atoms with Gasteiger partial charge >= 0.3 is 0 Å². The molecule has 0 saturated heterocycles. The second-order valence-electron chi connectivity index (χ2n) is 6.93. The highest BCUT2D eigenvalue weighted by Crippen LogP contribution is 2.27. The number of hydrogen-bond acceptors (Lipinski definition) is 5. The van der Waals surface area contributed by atoms with E-state index >= 15 is 0 Å². The van der Waals surface area contributed by atoms with Crippen LogP contribution >= 0.6 is 0 Å². The van der Waals surface area contributed by atoms with Crippen LogP contribution in [0.2, 0.25) is 0 Å². The van der Waals surface area contributed by atoms with Crippen molar-refractivity contribution in [2.75, 3.05) is 12.3 Å². The minimum absolute atomic E-state index is 0.139. The lowest BCUT2D eigenvalue weighted by molar-refractivity contribution is 0.205. The number of pyridine rings is 2. The number of hydrogen-bond donors (Lipinski definition) is 2. The predicted octanol–water partition coefficient (Wildman–Crippen LogP) is 3.32. The number of nitrogen functional groups attached to an aromatic ring is 1. The first-order valence-corrected chi connectivity index (χ1v) is 7.98. The Kier molecular flexibility index (Phi) is 5.39. The van der Waals surface area contributed by atoms with Gasteiger partial charge < -0.3 is 16.2 Å². The maximum atomic E-state index is 14.1. The molecule has 1 atom stereocenters. The van der Waals surface area contributed by atoms with Gasteiger partial charge in [0.1, 0.15) is 12.4 Å². The molecule has 0 spiro atoms. The highest BCUT2D eigenvalue weighted by molar-refractivity contribution is 5.64. The van der Waals surface area contributed by atoms with Crippen molar-refractivity contribution < 1.29 is 9.13 Å². The maximum Gasteiger partial charge on any atom is 0.174 e. The van der Waals surface area contributed by atoms with E-state index < -0.39 is 11.4 Å². The molecule has 2 heterocycles. The molecule has 24 heavy (non-hydrogen) atoms. The average molecular weight is 332 g/mol. The van der Waals surface area contributed by atoms with Crippen LogP contribution in [0.3, 0.4) is 0 Å². The van der Waals surface area contributed by atoms with Crippen LogP contribution in [0.4, 0.5) is 10.2 Å². The zero-order valence-corrected chi connectivity index (χ0v) is 14.6. The first-order chi connectivity index (χ1) is 11.2. The van der Waals surface area contributed by atoms with Crippen LogP contribution in [0.25, 0.3) is 11.3 Å². The van der Waals surface area contributed by atoms with E-state index in [1.165, 1.54) is 6.20 Å². The summed E-state index contributed by atoms with van der Waals surface area (Å²) in [7, 11) is 0. The molecule has 0 aliphatic rings. The number of nitrogens with two attached hydrogens (primary N) is 2. The van der Waals surface area contributed by atoms with Crippen LogP contribution in [-0.2, 0) is 0 Å². The number of anilines is 1. The Bertz CT molecular complexity index is 716. The van der Waals surface area contributed by atoms with E-state index in [0.29, 0.717) is 29.5 Å². The quantitative estimate of drug-likeness (QED) is 0.847. The van der Waals surface area contributed by atoms with Gasteiger partial charge in [0.2, 0.25) is 0 Å². The molecule has 2 aromatic heterocycles. The molecule has 0 aliphatic carbocycles. The minimum Gasteiger partial charge on any atom is -0.490 e. The Balaban J connectivity index is 2.17. The van der Waals surface area contributed by atoms with Gasteiger partial charge in [-0.15, -0.1) is 0 Å². The van der Waals surface area contributed by atoms with Crippen LogP contribution in [0.15, 0.2) is 24.5 Å². The van der Waals surface area contributed by atoms with E-state index in [4.69, 9.17) is 16.2 Å². The summed E-state index contributed by atoms with van der Waals surface area (Å²) in [5.74, 6) is 0.427. The molecule has 2 aromatic rings. The molecule has 0 aromatic carbocycles. The van der Waals surface area contributed by atoms with E-state index in [2.05, 4.69) is 23.8 Å². The summed E-state index contributed by atoms with van der Waals surface area (Å²) in [4.78, 5) is 8.01. The van der Waals surface area contributed by atoms with Crippen molar-refractivity contribution in [2.24, 2.45) is 11.7 Å². The van der Waals surface area contributed by atoms with Gasteiger partial charge in [0, 0.05) is 17.3 Å². The van der Waals surface area contributed by atoms with Crippen molar-refractivity contribution in [1.82, 2.24) is 9.97 Å². The molecule has 0 saturated carbocycles. The van der Waals surface area contributed by atoms with Crippen LogP contribution in [-0.4, -0.2) is 22.1 Å². The Morgan fingerprint density at radius 3 is 2.67 bits per heavy atom. The number of nitrogens with zero attached hydrogens (tertiary/aromatic N) is 2. The largest absolute Gasteiger partial charge is 0.490 e. The van der Waals surface area contributed by atoms with Crippen molar-refractivity contribution in [1.29, 1.82) is 0 Å². The summed E-state index contributed by atoms with van der Waals surface area (Å²) < 4.78 is 19.9. The Hall–Kier alpha value is -2.21.